The van der Waals surface area contributed by atoms with Crippen LogP contribution in [0.25, 0.3) is 11.4 Å². The molecule has 22 heteroatoms. The molecule has 4 aromatic carbocycles. The average molecular weight is 877 g/mol. The fourth-order valence-corrected chi connectivity index (χ4v) is 13.3. The second-order valence-electron chi connectivity index (χ2n) is 11.9. The lowest BCUT2D eigenvalue weighted by atomic mass is 10.2. The maximum atomic E-state index is 15.4. The lowest BCUT2D eigenvalue weighted by Crippen LogP contribution is -2.29. The molecule has 0 amide bonds. The van der Waals surface area contributed by atoms with Gasteiger partial charge in [0.15, 0.2) is 14.3 Å². The van der Waals surface area contributed by atoms with Crippen molar-refractivity contribution in [1.82, 2.24) is 9.97 Å². The van der Waals surface area contributed by atoms with Gasteiger partial charge in [0.1, 0.15) is 10.9 Å². The van der Waals surface area contributed by atoms with Crippen molar-refractivity contribution in [3.8, 4) is 11.4 Å². The molecular weight excluding hydrogens is 851 g/mol. The first kappa shape index (κ1) is 40.9. The van der Waals surface area contributed by atoms with Gasteiger partial charge in [0, 0.05) is 21.2 Å². The van der Waals surface area contributed by atoms with Gasteiger partial charge in [-0.15, -0.1) is 0 Å². The van der Waals surface area contributed by atoms with E-state index < -0.39 is 74.3 Å². The first-order chi connectivity index (χ1) is 26.0. The van der Waals surface area contributed by atoms with E-state index in [-0.39, 0.29) is 43.5 Å². The predicted molar refractivity (Wildman–Crippen MR) is 206 cm³/mol. The van der Waals surface area contributed by atoms with E-state index in [1.807, 2.05) is 0 Å². The third kappa shape index (κ3) is 8.07. The third-order valence-corrected chi connectivity index (χ3v) is 17.5. The van der Waals surface area contributed by atoms with Crippen molar-refractivity contribution in [2.24, 2.45) is 0 Å². The molecule has 16 nitrogen and oxygen atoms in total. The summed E-state index contributed by atoms with van der Waals surface area (Å²) < 4.78 is 166. The molecule has 0 atom stereocenters. The van der Waals surface area contributed by atoms with Gasteiger partial charge in [-0.3, -0.25) is 18.2 Å². The first-order valence-electron chi connectivity index (χ1n) is 15.5. The smallest absolute Gasteiger partial charge is 0.294 e. The highest BCUT2D eigenvalue weighted by Gasteiger charge is 2.36. The number of benzene rings is 4. The molecule has 0 aliphatic rings. The maximum absolute atomic E-state index is 15.4. The van der Waals surface area contributed by atoms with Crippen LogP contribution in [0.2, 0.25) is 0 Å². The molecule has 0 aliphatic carbocycles. The molecule has 0 saturated carbocycles. The third-order valence-electron chi connectivity index (χ3n) is 8.29. The lowest BCUT2D eigenvalue weighted by Gasteiger charge is -2.21. The second-order valence-corrected chi connectivity index (χ2v) is 23.0. The first-order valence-corrected chi connectivity index (χ1v) is 24.7. The lowest BCUT2D eigenvalue weighted by molar-refractivity contribution is 0.481. The Balaban J connectivity index is 1.59. The van der Waals surface area contributed by atoms with E-state index in [4.69, 9.17) is 0 Å². The normalized spacial score (nSPS) is 13.0. The minimum atomic E-state index is -4.83. The summed E-state index contributed by atoms with van der Waals surface area (Å²) in [7, 11) is -28.1. The summed E-state index contributed by atoms with van der Waals surface area (Å²) in [5.74, 6) is 0. The molecule has 2 aromatic heterocycles. The topological polar surface area (TPSA) is 277 Å². The molecule has 290 valence electrons. The zero-order valence-corrected chi connectivity index (χ0v) is 33.0. The summed E-state index contributed by atoms with van der Waals surface area (Å²) >= 11 is 0. The average Bonchev–Trinajstić information content (AvgIpc) is 3.16. The molecule has 0 spiro atoms. The number of rotatable bonds is 11. The van der Waals surface area contributed by atoms with Crippen LogP contribution in [-0.2, 0) is 49.6 Å². The summed E-state index contributed by atoms with van der Waals surface area (Å²) in [6.45, 7) is 0. The molecule has 4 N–H and O–H groups in total. The number of aromatic nitrogens is 2. The van der Waals surface area contributed by atoms with Gasteiger partial charge in [-0.2, -0.15) is 33.7 Å². The molecule has 56 heavy (non-hydrogen) atoms. The Hall–Kier alpha value is -4.72. The van der Waals surface area contributed by atoms with Crippen LogP contribution in [0.5, 0.6) is 0 Å². The van der Waals surface area contributed by atoms with Gasteiger partial charge in [0.25, 0.3) is 40.5 Å². The Morgan fingerprint density at radius 1 is 0.357 bits per heavy atom. The molecule has 0 saturated heterocycles. The Morgan fingerprint density at radius 2 is 0.589 bits per heavy atom. The number of hydrogen-bond donors (Lipinski definition) is 4. The van der Waals surface area contributed by atoms with Gasteiger partial charge >= 0.3 is 0 Å². The SMILES string of the molecule is O=P(c1cccc(S(=O)(=O)O)c1)(c1cccc(S(=O)(=O)O)c1)c1cccc(-c2cccc(P(=O)(c3cccc(S(=O)(=O)O)c3)c3cccc(S(=O)(=O)O)c3)n2)n1. The summed E-state index contributed by atoms with van der Waals surface area (Å²) in [6, 6.07) is 25.8. The summed E-state index contributed by atoms with van der Waals surface area (Å²) in [5, 5.41) is -0.858. The van der Waals surface area contributed by atoms with Gasteiger partial charge in [-0.05, 0) is 72.8 Å². The van der Waals surface area contributed by atoms with Crippen LogP contribution in [0.15, 0.2) is 153 Å². The van der Waals surface area contributed by atoms with Crippen molar-refractivity contribution < 1.29 is 61.0 Å². The Morgan fingerprint density at radius 3 is 0.821 bits per heavy atom. The molecule has 0 fully saturated rings. The van der Waals surface area contributed by atoms with Gasteiger partial charge in [-0.1, -0.05) is 60.7 Å². The van der Waals surface area contributed by atoms with Gasteiger partial charge in [0.2, 0.25) is 0 Å². The van der Waals surface area contributed by atoms with Crippen LogP contribution in [-0.4, -0.2) is 61.9 Å². The number of nitrogens with zero attached hydrogens (tertiary/aromatic N) is 2. The van der Waals surface area contributed by atoms with E-state index in [0.717, 1.165) is 48.5 Å². The highest BCUT2D eigenvalue weighted by molar-refractivity contribution is 7.88. The highest BCUT2D eigenvalue weighted by Crippen LogP contribution is 2.44. The summed E-state index contributed by atoms with van der Waals surface area (Å²) in [6.07, 6.45) is 0. The van der Waals surface area contributed by atoms with E-state index >= 15 is 9.13 Å². The van der Waals surface area contributed by atoms with Crippen molar-refractivity contribution in [2.75, 3.05) is 0 Å². The van der Waals surface area contributed by atoms with Crippen molar-refractivity contribution in [1.29, 1.82) is 0 Å². The minimum Gasteiger partial charge on any atom is -0.307 e. The predicted octanol–water partition coefficient (Wildman–Crippen LogP) is 2.41. The monoisotopic (exact) mass is 876 g/mol. The highest BCUT2D eigenvalue weighted by atomic mass is 32.2. The second kappa shape index (κ2) is 14.7. The zero-order valence-electron chi connectivity index (χ0n) is 28.0. The van der Waals surface area contributed by atoms with E-state index in [2.05, 4.69) is 9.97 Å². The van der Waals surface area contributed by atoms with Crippen molar-refractivity contribution in [3.63, 3.8) is 0 Å². The molecular formula is C34H26N2O14P2S4. The van der Waals surface area contributed by atoms with Crippen LogP contribution in [0.4, 0.5) is 0 Å². The van der Waals surface area contributed by atoms with Gasteiger partial charge < -0.3 is 9.13 Å². The fraction of sp³-hybridized carbons (Fsp3) is 0. The van der Waals surface area contributed by atoms with Crippen molar-refractivity contribution in [3.05, 3.63) is 133 Å². The van der Waals surface area contributed by atoms with E-state index in [0.29, 0.717) is 0 Å². The van der Waals surface area contributed by atoms with Crippen LogP contribution in [0, 0.1) is 0 Å². The van der Waals surface area contributed by atoms with Gasteiger partial charge in [-0.25, -0.2) is 9.97 Å². The number of pyridine rings is 2. The minimum absolute atomic E-state index is 0.0358. The zero-order chi connectivity index (χ0) is 40.9. The molecule has 2 heterocycles. The molecule has 0 aliphatic heterocycles. The standard InChI is InChI=1S/C34H26N2O14P2S4/c37-51(23-7-1-11-27(19-23)53(39,40)41,24-8-2-12-28(20-24)54(42,43)44)33-17-5-15-31(35-33)32-16-6-18-34(36-32)52(38,25-9-3-13-29(21-25)55(45,46)47)26-10-4-14-30(22-26)56(48,49)50/h1-22H,(H,39,40,41)(H,42,43,44)(H,45,46,47)(H,48,49,50). The Labute approximate surface area is 320 Å². The quantitative estimate of drug-likeness (QED) is 0.107. The largest absolute Gasteiger partial charge is 0.307 e. The van der Waals surface area contributed by atoms with E-state index in [9.17, 15) is 51.9 Å². The number of hydrogen-bond acceptors (Lipinski definition) is 12. The molecule has 0 unspecified atom stereocenters. The van der Waals surface area contributed by atoms with E-state index in [1.54, 1.807) is 0 Å². The van der Waals surface area contributed by atoms with Crippen molar-refractivity contribution >= 4 is 86.8 Å². The van der Waals surface area contributed by atoms with Crippen molar-refractivity contribution in [2.45, 2.75) is 19.6 Å². The summed E-state index contributed by atoms with van der Waals surface area (Å²) in [4.78, 5) is 6.54. The Bertz CT molecular complexity index is 2750. The summed E-state index contributed by atoms with van der Waals surface area (Å²) in [5.41, 5.74) is -0.586. The van der Waals surface area contributed by atoms with Crippen LogP contribution in [0.1, 0.15) is 0 Å². The van der Waals surface area contributed by atoms with Crippen LogP contribution < -0.4 is 32.1 Å². The molecule has 6 rings (SSSR count). The molecule has 6 aromatic rings. The molecule has 0 bridgehead atoms. The van der Waals surface area contributed by atoms with Crippen LogP contribution >= 0.6 is 14.3 Å². The van der Waals surface area contributed by atoms with Crippen LogP contribution in [0.3, 0.4) is 0 Å². The fourth-order valence-electron chi connectivity index (χ4n) is 5.67. The van der Waals surface area contributed by atoms with E-state index in [1.165, 1.54) is 84.9 Å². The maximum Gasteiger partial charge on any atom is 0.294 e. The Kier molecular flexibility index (Phi) is 10.7. The molecule has 0 radical (unpaired) electrons. The van der Waals surface area contributed by atoms with Gasteiger partial charge in [0.05, 0.1) is 31.0 Å².